The minimum atomic E-state index is -0.436. The Morgan fingerprint density at radius 3 is 2.44 bits per heavy atom. The van der Waals surface area contributed by atoms with E-state index in [1.165, 1.54) is 6.08 Å². The quantitative estimate of drug-likeness (QED) is 0.587. The van der Waals surface area contributed by atoms with Gasteiger partial charge in [0.25, 0.3) is 0 Å². The summed E-state index contributed by atoms with van der Waals surface area (Å²) in [6.45, 7) is 4.92. The maximum absolute atomic E-state index is 11.9. The van der Waals surface area contributed by atoms with E-state index in [1.807, 2.05) is 13.0 Å². The Kier molecular flexibility index (Phi) is 4.32. The lowest BCUT2D eigenvalue weighted by Gasteiger charge is -1.82. The molecule has 0 N–H and O–H groups in total. The molecule has 9 heavy (non-hydrogen) atoms. The molecule has 0 aliphatic heterocycles. The first-order valence-electron chi connectivity index (χ1n) is 2.51. The van der Waals surface area contributed by atoms with E-state index < -0.39 is 5.83 Å². The van der Waals surface area contributed by atoms with Gasteiger partial charge in [-0.05, 0) is 19.1 Å². The summed E-state index contributed by atoms with van der Waals surface area (Å²) in [5.74, 6) is -0.436. The minimum absolute atomic E-state index is 0.436. The molecule has 0 radical (unpaired) electrons. The van der Waals surface area contributed by atoms with Crippen LogP contribution in [-0.4, -0.2) is 0 Å². The van der Waals surface area contributed by atoms with Crippen LogP contribution in [0.1, 0.15) is 6.92 Å². The predicted octanol–water partition coefficient (Wildman–Crippen LogP) is 3.32. The van der Waals surface area contributed by atoms with Crippen LogP contribution >= 0.6 is 15.9 Å². The van der Waals surface area contributed by atoms with E-state index in [4.69, 9.17) is 0 Å². The average Bonchev–Trinajstić information content (AvgIpc) is 1.83. The summed E-state index contributed by atoms with van der Waals surface area (Å²) in [5, 5.41) is 0. The molecule has 0 heterocycles. The Morgan fingerprint density at radius 2 is 2.11 bits per heavy atom. The van der Waals surface area contributed by atoms with Crippen LogP contribution in [0.15, 0.2) is 35.1 Å². The van der Waals surface area contributed by atoms with Crippen LogP contribution in [-0.2, 0) is 0 Å². The lowest BCUT2D eigenvalue weighted by Crippen LogP contribution is -1.60. The lowest BCUT2D eigenvalue weighted by atomic mass is 10.4. The average molecular weight is 191 g/mol. The zero-order chi connectivity index (χ0) is 7.28. The van der Waals surface area contributed by atoms with Crippen LogP contribution in [0.4, 0.5) is 4.39 Å². The second kappa shape index (κ2) is 4.50. The normalized spacial score (nSPS) is 12.6. The molecule has 0 aromatic carbocycles. The van der Waals surface area contributed by atoms with Crippen LogP contribution in [0.2, 0.25) is 0 Å². The van der Waals surface area contributed by atoms with Gasteiger partial charge in [0.2, 0.25) is 0 Å². The van der Waals surface area contributed by atoms with Gasteiger partial charge in [0.05, 0.1) is 0 Å². The van der Waals surface area contributed by atoms with Crippen LogP contribution in [0, 0.1) is 0 Å². The molecular weight excluding hydrogens is 183 g/mol. The first kappa shape index (κ1) is 8.63. The molecule has 0 aliphatic carbocycles. The highest BCUT2D eigenvalue weighted by Gasteiger charge is 1.80. The summed E-state index contributed by atoms with van der Waals surface area (Å²) in [6, 6.07) is 0. The van der Waals surface area contributed by atoms with Crippen molar-refractivity contribution in [2.75, 3.05) is 0 Å². The van der Waals surface area contributed by atoms with Crippen molar-refractivity contribution in [3.05, 3.63) is 35.1 Å². The molecule has 0 unspecified atom stereocenters. The van der Waals surface area contributed by atoms with Gasteiger partial charge in [-0.3, -0.25) is 0 Å². The third-order valence-corrected chi connectivity index (χ3v) is 1.42. The van der Waals surface area contributed by atoms with E-state index >= 15 is 0 Å². The van der Waals surface area contributed by atoms with E-state index in [1.54, 1.807) is 6.08 Å². The largest absolute Gasteiger partial charge is 0.208 e. The number of allylic oxidation sites excluding steroid dienone is 5. The zero-order valence-electron chi connectivity index (χ0n) is 5.20. The summed E-state index contributed by atoms with van der Waals surface area (Å²) in [6.07, 6.45) is 4.71. The van der Waals surface area contributed by atoms with Gasteiger partial charge in [0, 0.05) is 4.48 Å². The van der Waals surface area contributed by atoms with Gasteiger partial charge >= 0.3 is 0 Å². The maximum atomic E-state index is 11.9. The molecule has 0 aromatic heterocycles. The van der Waals surface area contributed by atoms with Crippen molar-refractivity contribution in [3.63, 3.8) is 0 Å². The van der Waals surface area contributed by atoms with E-state index in [0.717, 1.165) is 4.48 Å². The van der Waals surface area contributed by atoms with Crippen molar-refractivity contribution < 1.29 is 4.39 Å². The molecule has 0 aromatic rings. The van der Waals surface area contributed by atoms with Gasteiger partial charge in [-0.1, -0.05) is 28.6 Å². The number of hydrogen-bond acceptors (Lipinski definition) is 0. The highest BCUT2D eigenvalue weighted by molar-refractivity contribution is 9.11. The third kappa shape index (κ3) is 5.50. The van der Waals surface area contributed by atoms with Crippen molar-refractivity contribution in [2.45, 2.75) is 6.92 Å². The first-order valence-corrected chi connectivity index (χ1v) is 3.30. The summed E-state index contributed by atoms with van der Waals surface area (Å²) < 4.78 is 12.7. The van der Waals surface area contributed by atoms with Crippen LogP contribution in [0.5, 0.6) is 0 Å². The molecule has 0 rings (SSSR count). The van der Waals surface area contributed by atoms with Gasteiger partial charge in [-0.2, -0.15) is 0 Å². The SMILES string of the molecule is C=C(F)/C=C\C(Br)=C/C. The standard InChI is InChI=1S/C7H8BrF/c1-3-7(8)5-4-6(2)9/h3-5H,2H2,1H3/b5-4-,7-3+. The van der Waals surface area contributed by atoms with Gasteiger partial charge in [0.1, 0.15) is 5.83 Å². The Labute approximate surface area is 62.9 Å². The molecule has 0 bridgehead atoms. The van der Waals surface area contributed by atoms with Crippen molar-refractivity contribution in [2.24, 2.45) is 0 Å². The summed E-state index contributed by atoms with van der Waals surface area (Å²) in [7, 11) is 0. The van der Waals surface area contributed by atoms with Gasteiger partial charge in [-0.15, -0.1) is 0 Å². The Hall–Kier alpha value is -0.370. The molecule has 0 spiro atoms. The maximum Gasteiger partial charge on any atom is 0.116 e. The van der Waals surface area contributed by atoms with E-state index in [-0.39, 0.29) is 0 Å². The van der Waals surface area contributed by atoms with Gasteiger partial charge in [0.15, 0.2) is 0 Å². The van der Waals surface area contributed by atoms with Gasteiger partial charge < -0.3 is 0 Å². The number of hydrogen-bond donors (Lipinski definition) is 0. The highest BCUT2D eigenvalue weighted by atomic mass is 79.9. The molecule has 0 atom stereocenters. The second-order valence-electron chi connectivity index (χ2n) is 1.45. The molecule has 0 nitrogen and oxygen atoms in total. The van der Waals surface area contributed by atoms with Crippen molar-refractivity contribution in [3.8, 4) is 0 Å². The highest BCUT2D eigenvalue weighted by Crippen LogP contribution is 2.07. The van der Waals surface area contributed by atoms with Crippen LogP contribution < -0.4 is 0 Å². The van der Waals surface area contributed by atoms with Crippen molar-refractivity contribution >= 4 is 15.9 Å². The summed E-state index contributed by atoms with van der Waals surface area (Å²) in [4.78, 5) is 0. The first-order chi connectivity index (χ1) is 4.16. The Balaban J connectivity index is 3.86. The van der Waals surface area contributed by atoms with E-state index in [0.29, 0.717) is 0 Å². The Bertz CT molecular complexity index is 156. The molecule has 50 valence electrons. The topological polar surface area (TPSA) is 0 Å². The van der Waals surface area contributed by atoms with E-state index in [2.05, 4.69) is 22.5 Å². The van der Waals surface area contributed by atoms with Crippen molar-refractivity contribution in [1.29, 1.82) is 0 Å². The van der Waals surface area contributed by atoms with E-state index in [9.17, 15) is 4.39 Å². The van der Waals surface area contributed by atoms with Crippen LogP contribution in [0.3, 0.4) is 0 Å². The number of halogens is 2. The monoisotopic (exact) mass is 190 g/mol. The Morgan fingerprint density at radius 1 is 1.56 bits per heavy atom. The molecule has 2 heteroatoms. The zero-order valence-corrected chi connectivity index (χ0v) is 6.78. The van der Waals surface area contributed by atoms with Gasteiger partial charge in [-0.25, -0.2) is 4.39 Å². The molecule has 0 aliphatic rings. The molecular formula is C7H8BrF. The third-order valence-electron chi connectivity index (χ3n) is 0.699. The predicted molar refractivity (Wildman–Crippen MR) is 42.1 cm³/mol. The second-order valence-corrected chi connectivity index (χ2v) is 2.37. The molecule has 0 saturated carbocycles. The fourth-order valence-corrected chi connectivity index (χ4v) is 0.398. The summed E-state index contributed by atoms with van der Waals surface area (Å²) >= 11 is 3.17. The fraction of sp³-hybridized carbons (Fsp3) is 0.143. The number of rotatable bonds is 2. The molecule has 0 saturated heterocycles. The van der Waals surface area contributed by atoms with Crippen molar-refractivity contribution in [1.82, 2.24) is 0 Å². The summed E-state index contributed by atoms with van der Waals surface area (Å²) in [5.41, 5.74) is 0. The minimum Gasteiger partial charge on any atom is -0.208 e. The lowest BCUT2D eigenvalue weighted by molar-refractivity contribution is 0.671. The fourth-order valence-electron chi connectivity index (χ4n) is 0.266. The molecule has 0 amide bonds. The molecule has 0 fully saturated rings. The smallest absolute Gasteiger partial charge is 0.116 e. The van der Waals surface area contributed by atoms with Crippen LogP contribution in [0.25, 0.3) is 0 Å².